The van der Waals surface area contributed by atoms with Crippen LogP contribution in [0.3, 0.4) is 0 Å². The molecule has 2 heterocycles. The standard InChI is InChI=1S/C7H10N6O/c1-9-7(8)12-5-4(6(14)13-7)10-2-3-11-5/h2-3,9H,8H2,1H3,(H,11,12)(H,13,14). The Morgan fingerprint density at radius 3 is 2.86 bits per heavy atom. The number of carbonyl (C=O) groups excluding carboxylic acids is 1. The highest BCUT2D eigenvalue weighted by molar-refractivity contribution is 5.99. The summed E-state index contributed by atoms with van der Waals surface area (Å²) < 4.78 is 0. The van der Waals surface area contributed by atoms with Crippen molar-refractivity contribution in [3.05, 3.63) is 18.1 Å². The van der Waals surface area contributed by atoms with Crippen LogP contribution in [0.15, 0.2) is 12.4 Å². The largest absolute Gasteiger partial charge is 0.320 e. The van der Waals surface area contributed by atoms with Gasteiger partial charge in [-0.25, -0.2) is 9.97 Å². The van der Waals surface area contributed by atoms with Crippen LogP contribution in [0.25, 0.3) is 0 Å². The average molecular weight is 194 g/mol. The molecular weight excluding hydrogens is 184 g/mol. The minimum atomic E-state index is -1.17. The molecule has 0 fully saturated rings. The molecule has 0 radical (unpaired) electrons. The Balaban J connectivity index is 2.43. The van der Waals surface area contributed by atoms with E-state index in [1.165, 1.54) is 12.4 Å². The molecule has 0 spiro atoms. The van der Waals surface area contributed by atoms with Gasteiger partial charge in [0.25, 0.3) is 5.91 Å². The minimum absolute atomic E-state index is 0.240. The van der Waals surface area contributed by atoms with Gasteiger partial charge in [-0.1, -0.05) is 0 Å². The second-order valence-corrected chi connectivity index (χ2v) is 2.89. The van der Waals surface area contributed by atoms with E-state index < -0.39 is 5.91 Å². The van der Waals surface area contributed by atoms with Gasteiger partial charge in [-0.2, -0.15) is 0 Å². The fourth-order valence-corrected chi connectivity index (χ4v) is 1.18. The van der Waals surface area contributed by atoms with Crippen LogP contribution in [0, 0.1) is 0 Å². The Hall–Kier alpha value is -1.73. The molecule has 7 nitrogen and oxygen atoms in total. The lowest BCUT2D eigenvalue weighted by molar-refractivity contribution is 0.0882. The quantitative estimate of drug-likeness (QED) is 0.402. The number of fused-ring (bicyclic) bond motifs is 1. The van der Waals surface area contributed by atoms with Gasteiger partial charge < -0.3 is 10.6 Å². The summed E-state index contributed by atoms with van der Waals surface area (Å²) in [5.74, 6) is -1.16. The van der Waals surface area contributed by atoms with Gasteiger partial charge in [-0.15, -0.1) is 0 Å². The normalized spacial score (nSPS) is 24.9. The first kappa shape index (κ1) is 8.85. The number of hydrogen-bond acceptors (Lipinski definition) is 6. The first-order valence-electron chi connectivity index (χ1n) is 4.04. The van der Waals surface area contributed by atoms with E-state index in [-0.39, 0.29) is 11.6 Å². The van der Waals surface area contributed by atoms with E-state index in [4.69, 9.17) is 5.73 Å². The minimum Gasteiger partial charge on any atom is -0.320 e. The van der Waals surface area contributed by atoms with Gasteiger partial charge in [-0.05, 0) is 7.05 Å². The van der Waals surface area contributed by atoms with Gasteiger partial charge in [0.2, 0.25) is 5.91 Å². The van der Waals surface area contributed by atoms with Crippen LogP contribution in [0.5, 0.6) is 0 Å². The Kier molecular flexibility index (Phi) is 1.83. The summed E-state index contributed by atoms with van der Waals surface area (Å²) in [6.45, 7) is 0. The summed E-state index contributed by atoms with van der Waals surface area (Å²) in [6, 6.07) is 0. The molecule has 0 aromatic carbocycles. The molecule has 5 N–H and O–H groups in total. The Labute approximate surface area is 80.1 Å². The molecule has 1 aliphatic heterocycles. The third-order valence-electron chi connectivity index (χ3n) is 1.93. The van der Waals surface area contributed by atoms with E-state index in [0.29, 0.717) is 5.82 Å². The highest BCUT2D eigenvalue weighted by Crippen LogP contribution is 2.15. The van der Waals surface area contributed by atoms with Crippen LogP contribution in [0.1, 0.15) is 10.5 Å². The van der Waals surface area contributed by atoms with E-state index in [0.717, 1.165) is 0 Å². The van der Waals surface area contributed by atoms with Crippen LogP contribution < -0.4 is 21.7 Å². The van der Waals surface area contributed by atoms with Crippen molar-refractivity contribution in [3.8, 4) is 0 Å². The lowest BCUT2D eigenvalue weighted by Crippen LogP contribution is -2.71. The number of carbonyl (C=O) groups is 1. The summed E-state index contributed by atoms with van der Waals surface area (Å²) in [7, 11) is 1.62. The molecule has 1 amide bonds. The van der Waals surface area contributed by atoms with E-state index >= 15 is 0 Å². The zero-order chi connectivity index (χ0) is 10.2. The lowest BCUT2D eigenvalue weighted by atomic mass is 10.3. The van der Waals surface area contributed by atoms with Crippen molar-refractivity contribution in [3.63, 3.8) is 0 Å². The Bertz CT molecular complexity index is 380. The number of anilines is 1. The van der Waals surface area contributed by atoms with Crippen molar-refractivity contribution >= 4 is 11.7 Å². The van der Waals surface area contributed by atoms with Crippen LogP contribution in [-0.2, 0) is 0 Å². The van der Waals surface area contributed by atoms with E-state index in [9.17, 15) is 4.79 Å². The van der Waals surface area contributed by atoms with Crippen LogP contribution in [-0.4, -0.2) is 28.8 Å². The molecule has 0 bridgehead atoms. The molecule has 0 saturated carbocycles. The van der Waals surface area contributed by atoms with Crippen LogP contribution in [0.2, 0.25) is 0 Å². The molecule has 0 saturated heterocycles. The van der Waals surface area contributed by atoms with Crippen molar-refractivity contribution in [2.75, 3.05) is 12.4 Å². The summed E-state index contributed by atoms with van der Waals surface area (Å²) in [6.07, 6.45) is 2.93. The fourth-order valence-electron chi connectivity index (χ4n) is 1.18. The third-order valence-corrected chi connectivity index (χ3v) is 1.93. The molecule has 1 unspecified atom stereocenters. The van der Waals surface area contributed by atoms with Crippen molar-refractivity contribution in [1.82, 2.24) is 20.6 Å². The second-order valence-electron chi connectivity index (χ2n) is 2.89. The molecule has 1 aromatic heterocycles. The van der Waals surface area contributed by atoms with E-state index in [1.54, 1.807) is 7.05 Å². The number of amides is 1. The lowest BCUT2D eigenvalue weighted by Gasteiger charge is -2.34. The zero-order valence-corrected chi connectivity index (χ0v) is 7.53. The first-order valence-corrected chi connectivity index (χ1v) is 4.04. The SMILES string of the molecule is CNC1(N)NC(=O)c2nccnc2N1. The average Bonchev–Trinajstić information content (AvgIpc) is 2.18. The summed E-state index contributed by atoms with van der Waals surface area (Å²) in [5, 5.41) is 8.05. The second kappa shape index (κ2) is 2.89. The summed E-state index contributed by atoms with van der Waals surface area (Å²) in [5.41, 5.74) is 5.98. The Morgan fingerprint density at radius 2 is 2.14 bits per heavy atom. The molecule has 0 aliphatic carbocycles. The summed E-state index contributed by atoms with van der Waals surface area (Å²) >= 11 is 0. The fraction of sp³-hybridized carbons (Fsp3) is 0.286. The van der Waals surface area contributed by atoms with Gasteiger partial charge in [0.15, 0.2) is 11.5 Å². The van der Waals surface area contributed by atoms with Gasteiger partial charge in [0, 0.05) is 12.4 Å². The molecule has 1 atom stereocenters. The molecule has 2 rings (SSSR count). The molecule has 74 valence electrons. The molecule has 1 aliphatic rings. The van der Waals surface area contributed by atoms with Gasteiger partial charge in [0.05, 0.1) is 0 Å². The zero-order valence-electron chi connectivity index (χ0n) is 7.53. The predicted octanol–water partition coefficient (Wildman–Crippen LogP) is -1.58. The summed E-state index contributed by atoms with van der Waals surface area (Å²) in [4.78, 5) is 19.3. The monoisotopic (exact) mass is 194 g/mol. The highest BCUT2D eigenvalue weighted by Gasteiger charge is 2.33. The van der Waals surface area contributed by atoms with Crippen molar-refractivity contribution in [1.29, 1.82) is 0 Å². The Morgan fingerprint density at radius 1 is 1.43 bits per heavy atom. The van der Waals surface area contributed by atoms with Crippen molar-refractivity contribution in [2.24, 2.45) is 5.73 Å². The number of nitrogens with zero attached hydrogens (tertiary/aromatic N) is 2. The predicted molar refractivity (Wildman–Crippen MR) is 49.1 cm³/mol. The molecular formula is C7H10N6O. The van der Waals surface area contributed by atoms with Crippen LogP contribution in [0.4, 0.5) is 5.82 Å². The number of hydrogen-bond donors (Lipinski definition) is 4. The van der Waals surface area contributed by atoms with Crippen molar-refractivity contribution < 1.29 is 4.79 Å². The maximum Gasteiger partial charge on any atom is 0.277 e. The van der Waals surface area contributed by atoms with Gasteiger partial charge in [-0.3, -0.25) is 15.8 Å². The van der Waals surface area contributed by atoms with Gasteiger partial charge >= 0.3 is 0 Å². The number of rotatable bonds is 1. The smallest absolute Gasteiger partial charge is 0.277 e. The maximum absolute atomic E-state index is 11.5. The topological polar surface area (TPSA) is 105 Å². The molecule has 7 heteroatoms. The van der Waals surface area contributed by atoms with E-state index in [2.05, 4.69) is 25.9 Å². The first-order chi connectivity index (χ1) is 6.64. The van der Waals surface area contributed by atoms with Crippen molar-refractivity contribution in [2.45, 2.75) is 5.91 Å². The maximum atomic E-state index is 11.5. The third kappa shape index (κ3) is 1.28. The van der Waals surface area contributed by atoms with Crippen LogP contribution >= 0.6 is 0 Å². The van der Waals surface area contributed by atoms with E-state index in [1.807, 2.05) is 0 Å². The van der Waals surface area contributed by atoms with Gasteiger partial charge in [0.1, 0.15) is 0 Å². The molecule has 1 aromatic rings. The number of aromatic nitrogens is 2. The number of nitrogens with two attached hydrogens (primary N) is 1. The molecule has 14 heavy (non-hydrogen) atoms. The highest BCUT2D eigenvalue weighted by atomic mass is 16.2. The number of nitrogens with one attached hydrogen (secondary N) is 3.